The fourth-order valence-corrected chi connectivity index (χ4v) is 3.26. The standard InChI is InChI=1S/C19H30N2O2/c1-15-6-4-7-18(14-15)16(2)21-11-8-17(9-12-21)19(22)20-10-5-13-23-3/h4,6-7,14,16-17H,5,8-13H2,1-3H3,(H,20,22)/t16-/m0/s1. The van der Waals surface area contributed by atoms with Gasteiger partial charge in [0.25, 0.3) is 0 Å². The largest absolute Gasteiger partial charge is 0.385 e. The molecule has 4 nitrogen and oxygen atoms in total. The van der Waals surface area contributed by atoms with Crippen LogP contribution in [-0.4, -0.2) is 44.2 Å². The molecule has 1 aromatic rings. The third-order valence-corrected chi connectivity index (χ3v) is 4.80. The second-order valence-corrected chi connectivity index (χ2v) is 6.54. The van der Waals surface area contributed by atoms with Gasteiger partial charge in [0, 0.05) is 32.2 Å². The third kappa shape index (κ3) is 5.33. The lowest BCUT2D eigenvalue weighted by Gasteiger charge is -2.35. The molecule has 1 amide bonds. The molecule has 1 atom stereocenters. The highest BCUT2D eigenvalue weighted by Crippen LogP contribution is 2.27. The van der Waals surface area contributed by atoms with Gasteiger partial charge in [0.1, 0.15) is 0 Å². The Balaban J connectivity index is 1.78. The molecule has 0 radical (unpaired) electrons. The maximum Gasteiger partial charge on any atom is 0.223 e. The monoisotopic (exact) mass is 318 g/mol. The van der Waals surface area contributed by atoms with E-state index in [0.29, 0.717) is 19.2 Å². The zero-order valence-electron chi connectivity index (χ0n) is 14.7. The van der Waals surface area contributed by atoms with E-state index in [1.54, 1.807) is 7.11 Å². The average Bonchev–Trinajstić information content (AvgIpc) is 2.58. The summed E-state index contributed by atoms with van der Waals surface area (Å²) in [6.45, 7) is 7.80. The van der Waals surface area contributed by atoms with Crippen LogP contribution in [0.4, 0.5) is 0 Å². The molecule has 1 aliphatic heterocycles. The first-order valence-corrected chi connectivity index (χ1v) is 8.69. The van der Waals surface area contributed by atoms with Gasteiger partial charge in [-0.05, 0) is 51.8 Å². The van der Waals surface area contributed by atoms with Crippen molar-refractivity contribution in [3.8, 4) is 0 Å². The van der Waals surface area contributed by atoms with Crippen LogP contribution in [0, 0.1) is 12.8 Å². The van der Waals surface area contributed by atoms with Gasteiger partial charge in [0.2, 0.25) is 5.91 Å². The lowest BCUT2D eigenvalue weighted by molar-refractivity contribution is -0.126. The first kappa shape index (κ1) is 18.0. The average molecular weight is 318 g/mol. The van der Waals surface area contributed by atoms with E-state index in [-0.39, 0.29) is 11.8 Å². The molecule has 0 spiro atoms. The minimum absolute atomic E-state index is 0.165. The number of hydrogen-bond donors (Lipinski definition) is 1. The van der Waals surface area contributed by atoms with Gasteiger partial charge in [-0.2, -0.15) is 0 Å². The quantitative estimate of drug-likeness (QED) is 0.786. The molecule has 2 rings (SSSR count). The van der Waals surface area contributed by atoms with Gasteiger partial charge in [0.05, 0.1) is 0 Å². The fourth-order valence-electron chi connectivity index (χ4n) is 3.26. The Labute approximate surface area is 140 Å². The second-order valence-electron chi connectivity index (χ2n) is 6.54. The topological polar surface area (TPSA) is 41.6 Å². The molecule has 0 aromatic heterocycles. The molecule has 1 N–H and O–H groups in total. The molecule has 1 aliphatic rings. The van der Waals surface area contributed by atoms with Crippen LogP contribution in [0.15, 0.2) is 24.3 Å². The maximum atomic E-state index is 12.2. The van der Waals surface area contributed by atoms with Crippen LogP contribution in [0.2, 0.25) is 0 Å². The molecule has 23 heavy (non-hydrogen) atoms. The molecule has 1 heterocycles. The van der Waals surface area contributed by atoms with Crippen molar-refractivity contribution in [3.63, 3.8) is 0 Å². The van der Waals surface area contributed by atoms with Crippen molar-refractivity contribution < 1.29 is 9.53 Å². The lowest BCUT2D eigenvalue weighted by Crippen LogP contribution is -2.41. The van der Waals surface area contributed by atoms with E-state index in [0.717, 1.165) is 32.4 Å². The zero-order valence-corrected chi connectivity index (χ0v) is 14.7. The highest BCUT2D eigenvalue weighted by atomic mass is 16.5. The van der Waals surface area contributed by atoms with Crippen molar-refractivity contribution in [3.05, 3.63) is 35.4 Å². The van der Waals surface area contributed by atoms with Crippen LogP contribution in [0.25, 0.3) is 0 Å². The number of nitrogens with one attached hydrogen (secondary N) is 1. The first-order chi connectivity index (χ1) is 11.1. The molecule has 4 heteroatoms. The van der Waals surface area contributed by atoms with Gasteiger partial charge < -0.3 is 10.1 Å². The molecule has 0 saturated carbocycles. The van der Waals surface area contributed by atoms with Crippen LogP contribution in [0.3, 0.4) is 0 Å². The number of hydrogen-bond acceptors (Lipinski definition) is 3. The lowest BCUT2D eigenvalue weighted by atomic mass is 9.93. The minimum Gasteiger partial charge on any atom is -0.385 e. The smallest absolute Gasteiger partial charge is 0.223 e. The fraction of sp³-hybridized carbons (Fsp3) is 0.632. The summed E-state index contributed by atoms with van der Waals surface area (Å²) in [5, 5.41) is 3.03. The first-order valence-electron chi connectivity index (χ1n) is 8.69. The van der Waals surface area contributed by atoms with Crippen molar-refractivity contribution >= 4 is 5.91 Å². The van der Waals surface area contributed by atoms with Crippen molar-refractivity contribution in [2.45, 2.75) is 39.2 Å². The van der Waals surface area contributed by atoms with Crippen molar-refractivity contribution in [2.24, 2.45) is 5.92 Å². The van der Waals surface area contributed by atoms with E-state index in [1.807, 2.05) is 0 Å². The van der Waals surface area contributed by atoms with Crippen molar-refractivity contribution in [1.82, 2.24) is 10.2 Å². The Bertz CT molecular complexity index is 496. The molecular formula is C19H30N2O2. The summed E-state index contributed by atoms with van der Waals surface area (Å²) in [6.07, 6.45) is 2.78. The molecule has 0 aliphatic carbocycles. The second kappa shape index (κ2) is 9.04. The summed E-state index contributed by atoms with van der Waals surface area (Å²) in [5.74, 6) is 0.377. The number of piperidine rings is 1. The number of rotatable bonds is 7. The van der Waals surface area contributed by atoms with Crippen LogP contribution in [0.5, 0.6) is 0 Å². The molecule has 128 valence electrons. The van der Waals surface area contributed by atoms with Crippen LogP contribution < -0.4 is 5.32 Å². The minimum atomic E-state index is 0.165. The van der Waals surface area contributed by atoms with E-state index in [4.69, 9.17) is 4.74 Å². The summed E-state index contributed by atoms with van der Waals surface area (Å²) in [5.41, 5.74) is 2.67. The molecular weight excluding hydrogens is 288 g/mol. The summed E-state index contributed by atoms with van der Waals surface area (Å²) in [7, 11) is 1.69. The Kier molecular flexibility index (Phi) is 7.06. The van der Waals surface area contributed by atoms with E-state index in [9.17, 15) is 4.79 Å². The van der Waals surface area contributed by atoms with Crippen molar-refractivity contribution in [2.75, 3.05) is 33.4 Å². The number of benzene rings is 1. The van der Waals surface area contributed by atoms with Gasteiger partial charge in [-0.1, -0.05) is 29.8 Å². The number of likely N-dealkylation sites (tertiary alicyclic amines) is 1. The van der Waals surface area contributed by atoms with Crippen LogP contribution >= 0.6 is 0 Å². The predicted octanol–water partition coefficient (Wildman–Crippen LogP) is 2.92. The number of aryl methyl sites for hydroxylation is 1. The molecule has 1 fully saturated rings. The van der Waals surface area contributed by atoms with E-state index in [2.05, 4.69) is 48.3 Å². The highest BCUT2D eigenvalue weighted by Gasteiger charge is 2.27. The normalized spacial score (nSPS) is 17.9. The summed E-state index contributed by atoms with van der Waals surface area (Å²) in [6, 6.07) is 9.14. The summed E-state index contributed by atoms with van der Waals surface area (Å²) < 4.78 is 5.00. The van der Waals surface area contributed by atoms with Gasteiger partial charge in [-0.25, -0.2) is 0 Å². The van der Waals surface area contributed by atoms with Gasteiger partial charge in [-0.15, -0.1) is 0 Å². The maximum absolute atomic E-state index is 12.2. The van der Waals surface area contributed by atoms with Gasteiger partial charge in [0.15, 0.2) is 0 Å². The zero-order chi connectivity index (χ0) is 16.7. The number of amides is 1. The molecule has 0 unspecified atom stereocenters. The number of carbonyl (C=O) groups excluding carboxylic acids is 1. The SMILES string of the molecule is COCCCNC(=O)C1CCN([C@@H](C)c2cccc(C)c2)CC1. The van der Waals surface area contributed by atoms with Crippen LogP contribution in [0.1, 0.15) is 43.4 Å². The Morgan fingerprint density at radius 1 is 1.39 bits per heavy atom. The van der Waals surface area contributed by atoms with Gasteiger partial charge >= 0.3 is 0 Å². The van der Waals surface area contributed by atoms with E-state index < -0.39 is 0 Å². The Morgan fingerprint density at radius 3 is 2.78 bits per heavy atom. The number of methoxy groups -OCH3 is 1. The third-order valence-electron chi connectivity index (χ3n) is 4.80. The van der Waals surface area contributed by atoms with E-state index >= 15 is 0 Å². The Hall–Kier alpha value is -1.39. The van der Waals surface area contributed by atoms with E-state index in [1.165, 1.54) is 11.1 Å². The number of nitrogens with zero attached hydrogens (tertiary/aromatic N) is 1. The number of carbonyl (C=O) groups is 1. The predicted molar refractivity (Wildman–Crippen MR) is 93.4 cm³/mol. The summed E-state index contributed by atoms with van der Waals surface area (Å²) in [4.78, 5) is 14.7. The van der Waals surface area contributed by atoms with Crippen molar-refractivity contribution in [1.29, 1.82) is 0 Å². The van der Waals surface area contributed by atoms with Gasteiger partial charge in [-0.3, -0.25) is 9.69 Å². The molecule has 1 saturated heterocycles. The molecule has 1 aromatic carbocycles. The molecule has 0 bridgehead atoms. The summed E-state index contributed by atoms with van der Waals surface area (Å²) >= 11 is 0. The van der Waals surface area contributed by atoms with Crippen LogP contribution in [-0.2, 0) is 9.53 Å². The number of ether oxygens (including phenoxy) is 1. The highest BCUT2D eigenvalue weighted by molar-refractivity contribution is 5.78. The Morgan fingerprint density at radius 2 is 2.13 bits per heavy atom.